The van der Waals surface area contributed by atoms with Crippen molar-refractivity contribution in [3.8, 4) is 0 Å². The first-order chi connectivity index (χ1) is 16.7. The predicted molar refractivity (Wildman–Crippen MR) is 138 cm³/mol. The molecule has 4 aliphatic carbocycles. The fourth-order valence-corrected chi connectivity index (χ4v) is 9.92. The quantitative estimate of drug-likeness (QED) is 0.491. The normalized spacial score (nSPS) is 42.5. The second-order valence-corrected chi connectivity index (χ2v) is 13.1. The van der Waals surface area contributed by atoms with E-state index in [0.717, 1.165) is 48.1 Å². The van der Waals surface area contributed by atoms with Gasteiger partial charge in [0.05, 0.1) is 6.42 Å². The molecule has 0 radical (unpaired) electrons. The molecular formula is C31H43FN2O. The molecule has 0 N–H and O–H groups in total. The van der Waals surface area contributed by atoms with Crippen LogP contribution in [0.15, 0.2) is 35.9 Å². The molecule has 3 nitrogen and oxygen atoms in total. The molecule has 1 spiro atoms. The van der Waals surface area contributed by atoms with Crippen LogP contribution in [-0.2, 0) is 11.2 Å². The highest BCUT2D eigenvalue weighted by atomic mass is 19.1. The Hall–Kier alpha value is -1.68. The first-order valence-electron chi connectivity index (χ1n) is 14.1. The summed E-state index contributed by atoms with van der Waals surface area (Å²) in [5, 5.41) is 0. The molecule has 35 heavy (non-hydrogen) atoms. The second-order valence-electron chi connectivity index (χ2n) is 13.1. The van der Waals surface area contributed by atoms with Gasteiger partial charge in [-0.15, -0.1) is 0 Å². The van der Waals surface area contributed by atoms with E-state index in [4.69, 9.17) is 0 Å². The van der Waals surface area contributed by atoms with Gasteiger partial charge in [0.15, 0.2) is 0 Å². The maximum absolute atomic E-state index is 13.6. The van der Waals surface area contributed by atoms with E-state index in [9.17, 15) is 9.18 Å². The zero-order chi connectivity index (χ0) is 24.5. The SMILES string of the molecule is C[C@H]1[C@H]2CC[C@H]3[C@@H]4CC=C5C[C@@H](N(C)C(=O)Cc6cccc(F)c6)CC[C@]5(C)C4CC[C@]23CN1C. The van der Waals surface area contributed by atoms with Crippen molar-refractivity contribution in [2.24, 2.45) is 34.5 Å². The summed E-state index contributed by atoms with van der Waals surface area (Å²) in [6.07, 6.45) is 13.2. The lowest BCUT2D eigenvalue weighted by Crippen LogP contribution is -2.53. The maximum atomic E-state index is 13.6. The molecule has 5 aliphatic rings. The lowest BCUT2D eigenvalue weighted by Gasteiger charge is -2.58. The van der Waals surface area contributed by atoms with E-state index < -0.39 is 0 Å². The van der Waals surface area contributed by atoms with Gasteiger partial charge in [-0.3, -0.25) is 4.79 Å². The molecule has 1 aromatic rings. The van der Waals surface area contributed by atoms with Crippen molar-refractivity contribution in [2.75, 3.05) is 20.6 Å². The van der Waals surface area contributed by atoms with Gasteiger partial charge in [-0.05, 0) is 118 Å². The van der Waals surface area contributed by atoms with Crippen LogP contribution in [0.5, 0.6) is 0 Å². The molecular weight excluding hydrogens is 435 g/mol. The standard InChI is InChI=1S/C31H43FN2O/c1-20-26-10-11-28-25-9-8-22-18-24(34(4)29(35)17-21-6-5-7-23(32)16-21)12-14-30(22,2)27(25)13-15-31(26,28)19-33(20)3/h5-8,16,20,24-28H,9-15,17-19H2,1-4H3/t20-,24-,25+,26+,27?,28-,30-,31-/m0/s1. The highest BCUT2D eigenvalue weighted by molar-refractivity contribution is 5.78. The number of rotatable bonds is 3. The summed E-state index contributed by atoms with van der Waals surface area (Å²) in [5.74, 6) is 3.31. The lowest BCUT2D eigenvalue weighted by atomic mass is 9.47. The summed E-state index contributed by atoms with van der Waals surface area (Å²) in [4.78, 5) is 17.7. The summed E-state index contributed by atoms with van der Waals surface area (Å²) in [7, 11) is 4.32. The molecule has 6 rings (SSSR count). The number of halogens is 1. The zero-order valence-corrected chi connectivity index (χ0v) is 22.1. The third-order valence-corrected chi connectivity index (χ3v) is 11.9. The first kappa shape index (κ1) is 23.7. The summed E-state index contributed by atoms with van der Waals surface area (Å²) >= 11 is 0. The van der Waals surface area contributed by atoms with Gasteiger partial charge in [0.2, 0.25) is 5.91 Å². The third kappa shape index (κ3) is 3.56. The van der Waals surface area contributed by atoms with Crippen molar-refractivity contribution in [1.29, 1.82) is 0 Å². The van der Waals surface area contributed by atoms with E-state index in [-0.39, 0.29) is 24.2 Å². The van der Waals surface area contributed by atoms with Crippen molar-refractivity contribution in [2.45, 2.75) is 83.7 Å². The molecule has 1 amide bonds. The van der Waals surface area contributed by atoms with Crippen LogP contribution in [0.25, 0.3) is 0 Å². The number of benzene rings is 1. The number of hydrogen-bond acceptors (Lipinski definition) is 2. The van der Waals surface area contributed by atoms with Gasteiger partial charge in [0.25, 0.3) is 0 Å². The average Bonchev–Trinajstić information content (AvgIpc) is 3.31. The number of allylic oxidation sites excluding steroid dienone is 1. The van der Waals surface area contributed by atoms with Crippen molar-refractivity contribution in [1.82, 2.24) is 9.80 Å². The molecule has 1 saturated heterocycles. The Balaban J connectivity index is 1.17. The molecule has 4 fully saturated rings. The number of carbonyl (C=O) groups is 1. The van der Waals surface area contributed by atoms with Crippen molar-refractivity contribution >= 4 is 5.91 Å². The Morgan fingerprint density at radius 3 is 2.74 bits per heavy atom. The van der Waals surface area contributed by atoms with E-state index in [0.29, 0.717) is 10.8 Å². The van der Waals surface area contributed by atoms with Gasteiger partial charge in [-0.1, -0.05) is 30.7 Å². The molecule has 3 saturated carbocycles. The molecule has 4 heteroatoms. The molecule has 0 aromatic heterocycles. The number of likely N-dealkylation sites (tertiary alicyclic amines) is 1. The zero-order valence-electron chi connectivity index (χ0n) is 22.1. The third-order valence-electron chi connectivity index (χ3n) is 11.9. The Kier molecular flexibility index (Phi) is 5.71. The van der Waals surface area contributed by atoms with Crippen LogP contribution in [-0.4, -0.2) is 48.4 Å². The van der Waals surface area contributed by atoms with E-state index in [1.807, 2.05) is 18.0 Å². The Bertz CT molecular complexity index is 1040. The van der Waals surface area contributed by atoms with Crippen molar-refractivity contribution in [3.63, 3.8) is 0 Å². The number of carbonyl (C=O) groups excluding carboxylic acids is 1. The fraction of sp³-hybridized carbons (Fsp3) is 0.710. The summed E-state index contributed by atoms with van der Waals surface area (Å²) in [6.45, 7) is 6.36. The van der Waals surface area contributed by atoms with Crippen LogP contribution in [0.4, 0.5) is 4.39 Å². The van der Waals surface area contributed by atoms with Crippen LogP contribution >= 0.6 is 0 Å². The molecule has 1 unspecified atom stereocenters. The van der Waals surface area contributed by atoms with Gasteiger partial charge >= 0.3 is 0 Å². The number of amides is 1. The van der Waals surface area contributed by atoms with Crippen molar-refractivity contribution < 1.29 is 9.18 Å². The minimum absolute atomic E-state index is 0.106. The summed E-state index contributed by atoms with van der Waals surface area (Å²) in [6, 6.07) is 7.48. The first-order valence-corrected chi connectivity index (χ1v) is 14.1. The van der Waals surface area contributed by atoms with E-state index in [1.165, 1.54) is 57.2 Å². The molecule has 0 bridgehead atoms. The Labute approximate surface area is 211 Å². The van der Waals surface area contributed by atoms with E-state index in [2.05, 4.69) is 31.9 Å². The van der Waals surface area contributed by atoms with Gasteiger partial charge in [-0.2, -0.15) is 0 Å². The van der Waals surface area contributed by atoms with Gasteiger partial charge in [0.1, 0.15) is 5.82 Å². The molecule has 190 valence electrons. The number of likely N-dealkylation sites (N-methyl/N-ethyl adjacent to an activating group) is 1. The second kappa shape index (κ2) is 8.43. The number of hydrogen-bond donors (Lipinski definition) is 0. The molecule has 1 aromatic carbocycles. The van der Waals surface area contributed by atoms with E-state index >= 15 is 0 Å². The van der Waals surface area contributed by atoms with Crippen LogP contribution in [0.3, 0.4) is 0 Å². The van der Waals surface area contributed by atoms with Crippen LogP contribution < -0.4 is 0 Å². The van der Waals surface area contributed by atoms with Crippen LogP contribution in [0.1, 0.15) is 70.8 Å². The molecule has 1 aliphatic heterocycles. The summed E-state index contributed by atoms with van der Waals surface area (Å²) in [5.41, 5.74) is 3.28. The van der Waals surface area contributed by atoms with Crippen LogP contribution in [0.2, 0.25) is 0 Å². The minimum Gasteiger partial charge on any atom is -0.342 e. The number of fused-ring (bicyclic) bond motifs is 4. The van der Waals surface area contributed by atoms with Gasteiger partial charge in [0, 0.05) is 25.7 Å². The topological polar surface area (TPSA) is 23.6 Å². The largest absolute Gasteiger partial charge is 0.342 e. The van der Waals surface area contributed by atoms with Gasteiger partial charge < -0.3 is 9.80 Å². The van der Waals surface area contributed by atoms with Crippen molar-refractivity contribution in [3.05, 3.63) is 47.3 Å². The van der Waals surface area contributed by atoms with E-state index in [1.54, 1.807) is 11.6 Å². The minimum atomic E-state index is -0.269. The Morgan fingerprint density at radius 2 is 1.94 bits per heavy atom. The monoisotopic (exact) mass is 478 g/mol. The summed E-state index contributed by atoms with van der Waals surface area (Å²) < 4.78 is 13.6. The molecule has 1 heterocycles. The smallest absolute Gasteiger partial charge is 0.226 e. The Morgan fingerprint density at radius 1 is 1.14 bits per heavy atom. The van der Waals surface area contributed by atoms with Gasteiger partial charge in [-0.25, -0.2) is 4.39 Å². The lowest BCUT2D eigenvalue weighted by molar-refractivity contribution is -0.132. The van der Waals surface area contributed by atoms with Crippen LogP contribution in [0, 0.1) is 40.3 Å². The maximum Gasteiger partial charge on any atom is 0.226 e. The highest BCUT2D eigenvalue weighted by Crippen LogP contribution is 2.68. The highest BCUT2D eigenvalue weighted by Gasteiger charge is 2.64. The predicted octanol–water partition coefficient (Wildman–Crippen LogP) is 6.09. The average molecular weight is 479 g/mol. The fourth-order valence-electron chi connectivity index (χ4n) is 9.92. The molecule has 8 atom stereocenters. The number of nitrogens with zero attached hydrogens (tertiary/aromatic N) is 2.